The number of amides is 1. The van der Waals surface area contributed by atoms with E-state index in [4.69, 9.17) is 4.42 Å². The average molecular weight is 368 g/mol. The number of nitrogens with zero attached hydrogens (tertiary/aromatic N) is 2. The van der Waals surface area contributed by atoms with Gasteiger partial charge in [-0.25, -0.2) is 8.42 Å². The third-order valence-corrected chi connectivity index (χ3v) is 6.94. The van der Waals surface area contributed by atoms with Crippen LogP contribution < -0.4 is 0 Å². The molecule has 1 aromatic heterocycles. The van der Waals surface area contributed by atoms with Crippen LogP contribution in [0, 0.1) is 0 Å². The van der Waals surface area contributed by atoms with Crippen molar-refractivity contribution >= 4 is 15.7 Å². The van der Waals surface area contributed by atoms with Crippen LogP contribution in [0.5, 0.6) is 0 Å². The largest absolute Gasteiger partial charge is 0.469 e. The summed E-state index contributed by atoms with van der Waals surface area (Å²) in [5.41, 5.74) is 1.16. The van der Waals surface area contributed by atoms with E-state index in [1.165, 1.54) is 0 Å². The van der Waals surface area contributed by atoms with Gasteiger partial charge in [0.2, 0.25) is 5.91 Å². The Morgan fingerprint density at radius 1 is 1.44 bits per heavy atom. The number of carbonyl (C=O) groups excluding carboxylic acids is 1. The van der Waals surface area contributed by atoms with Crippen LogP contribution in [0.4, 0.5) is 0 Å². The van der Waals surface area contributed by atoms with Gasteiger partial charge in [0.05, 0.1) is 24.3 Å². The molecule has 3 rings (SSSR count). The Bertz CT molecular complexity index is 698. The molecule has 1 aromatic rings. The predicted molar refractivity (Wildman–Crippen MR) is 96.0 cm³/mol. The van der Waals surface area contributed by atoms with E-state index in [2.05, 4.69) is 11.8 Å². The van der Waals surface area contributed by atoms with Crippen LogP contribution in [0.2, 0.25) is 0 Å². The van der Waals surface area contributed by atoms with Crippen molar-refractivity contribution in [1.29, 1.82) is 0 Å². The summed E-state index contributed by atoms with van der Waals surface area (Å²) in [5, 5.41) is 0. The molecule has 7 heteroatoms. The lowest BCUT2D eigenvalue weighted by Crippen LogP contribution is -2.46. The molecule has 0 bridgehead atoms. The van der Waals surface area contributed by atoms with Gasteiger partial charge in [-0.15, -0.1) is 0 Å². The standard InChI is InChI=1S/C18H28N2O4S/c1-2-3-9-20(16-7-11-25(22,23)14-16)18(21)13-19-8-4-5-17-15(12-19)6-10-24-17/h6,10,16H,2-5,7-9,11-14H2,1H3. The van der Waals surface area contributed by atoms with Crippen LogP contribution in [-0.4, -0.2) is 61.3 Å². The zero-order valence-electron chi connectivity index (χ0n) is 14.9. The minimum absolute atomic E-state index is 0.0579. The first-order valence-corrected chi connectivity index (χ1v) is 11.1. The lowest BCUT2D eigenvalue weighted by Gasteiger charge is -2.31. The Balaban J connectivity index is 1.65. The predicted octanol–water partition coefficient (Wildman–Crippen LogP) is 1.84. The van der Waals surface area contributed by atoms with Crippen molar-refractivity contribution in [3.05, 3.63) is 23.7 Å². The molecular formula is C18H28N2O4S. The van der Waals surface area contributed by atoms with Crippen LogP contribution in [-0.2, 0) is 27.6 Å². The maximum Gasteiger partial charge on any atom is 0.237 e. The molecule has 0 aromatic carbocycles. The lowest BCUT2D eigenvalue weighted by atomic mass is 10.2. The number of furan rings is 1. The van der Waals surface area contributed by atoms with Crippen LogP contribution in [0.3, 0.4) is 0 Å². The number of fused-ring (bicyclic) bond motifs is 1. The highest BCUT2D eigenvalue weighted by molar-refractivity contribution is 7.91. The van der Waals surface area contributed by atoms with Gasteiger partial charge >= 0.3 is 0 Å². The zero-order chi connectivity index (χ0) is 17.9. The topological polar surface area (TPSA) is 70.8 Å². The fourth-order valence-electron chi connectivity index (χ4n) is 3.79. The number of aryl methyl sites for hydroxylation is 1. The Kier molecular flexibility index (Phi) is 5.84. The fraction of sp³-hybridized carbons (Fsp3) is 0.722. The molecule has 1 unspecified atom stereocenters. The van der Waals surface area contributed by atoms with Gasteiger partial charge in [0.1, 0.15) is 5.76 Å². The van der Waals surface area contributed by atoms with E-state index in [1.54, 1.807) is 6.26 Å². The molecule has 2 aliphatic rings. The summed E-state index contributed by atoms with van der Waals surface area (Å²) < 4.78 is 29.2. The Labute approximate surface area is 150 Å². The summed E-state index contributed by atoms with van der Waals surface area (Å²) in [6.45, 7) is 4.68. The summed E-state index contributed by atoms with van der Waals surface area (Å²) in [7, 11) is -2.99. The van der Waals surface area contributed by atoms with Crippen LogP contribution in [0.1, 0.15) is 43.9 Å². The molecule has 3 heterocycles. The maximum absolute atomic E-state index is 12.9. The zero-order valence-corrected chi connectivity index (χ0v) is 15.8. The summed E-state index contributed by atoms with van der Waals surface area (Å²) in [5.74, 6) is 1.41. The van der Waals surface area contributed by atoms with Gasteiger partial charge in [-0.05, 0) is 31.9 Å². The molecule has 0 aliphatic carbocycles. The molecule has 1 fully saturated rings. The van der Waals surface area contributed by atoms with Crippen LogP contribution in [0.25, 0.3) is 0 Å². The molecule has 0 saturated carbocycles. The molecule has 0 N–H and O–H groups in total. The van der Waals surface area contributed by atoms with Crippen LogP contribution in [0.15, 0.2) is 16.7 Å². The maximum atomic E-state index is 12.9. The van der Waals surface area contributed by atoms with Crippen molar-refractivity contribution in [2.75, 3.05) is 31.1 Å². The van der Waals surface area contributed by atoms with Gasteiger partial charge < -0.3 is 9.32 Å². The van der Waals surface area contributed by atoms with E-state index >= 15 is 0 Å². The second-order valence-electron chi connectivity index (χ2n) is 7.18. The molecular weight excluding hydrogens is 340 g/mol. The highest BCUT2D eigenvalue weighted by Gasteiger charge is 2.34. The van der Waals surface area contributed by atoms with Gasteiger partial charge in [0.15, 0.2) is 9.84 Å². The van der Waals surface area contributed by atoms with E-state index in [0.717, 1.165) is 50.1 Å². The van der Waals surface area contributed by atoms with E-state index in [9.17, 15) is 13.2 Å². The molecule has 1 saturated heterocycles. The minimum atomic E-state index is -2.99. The Morgan fingerprint density at radius 2 is 2.28 bits per heavy atom. The summed E-state index contributed by atoms with van der Waals surface area (Å²) in [6, 6.07) is 1.83. The molecule has 6 nitrogen and oxygen atoms in total. The SMILES string of the molecule is CCCCN(C(=O)CN1CCCc2occc2C1)C1CCS(=O)(=O)C1. The second-order valence-corrected chi connectivity index (χ2v) is 9.41. The van der Waals surface area contributed by atoms with E-state index < -0.39 is 9.84 Å². The molecule has 0 radical (unpaired) electrons. The average Bonchev–Trinajstić information content (AvgIpc) is 3.09. The first-order chi connectivity index (χ1) is 12.0. The fourth-order valence-corrected chi connectivity index (χ4v) is 5.52. The molecule has 0 spiro atoms. The molecule has 140 valence electrons. The number of sulfone groups is 1. The van der Waals surface area contributed by atoms with Crippen molar-refractivity contribution in [1.82, 2.24) is 9.80 Å². The van der Waals surface area contributed by atoms with Crippen molar-refractivity contribution < 1.29 is 17.6 Å². The van der Waals surface area contributed by atoms with E-state index in [-0.39, 0.29) is 23.5 Å². The third kappa shape index (κ3) is 4.64. The highest BCUT2D eigenvalue weighted by atomic mass is 32.2. The monoisotopic (exact) mass is 368 g/mol. The quantitative estimate of drug-likeness (QED) is 0.766. The highest BCUT2D eigenvalue weighted by Crippen LogP contribution is 2.22. The van der Waals surface area contributed by atoms with Gasteiger partial charge in [0.25, 0.3) is 0 Å². The Morgan fingerprint density at radius 3 is 3.00 bits per heavy atom. The number of unbranched alkanes of at least 4 members (excludes halogenated alkanes) is 1. The normalized spacial score (nSPS) is 23.2. The van der Waals surface area contributed by atoms with Crippen LogP contribution >= 0.6 is 0 Å². The van der Waals surface area contributed by atoms with Crippen molar-refractivity contribution in [2.45, 2.75) is 51.6 Å². The number of hydrogen-bond donors (Lipinski definition) is 0. The second kappa shape index (κ2) is 7.91. The molecule has 2 aliphatic heterocycles. The van der Waals surface area contributed by atoms with Crippen molar-refractivity contribution in [2.24, 2.45) is 0 Å². The van der Waals surface area contributed by atoms with Gasteiger partial charge in [-0.3, -0.25) is 9.69 Å². The summed E-state index contributed by atoms with van der Waals surface area (Å²) in [6.07, 6.45) is 6.07. The number of rotatable bonds is 6. The molecule has 1 amide bonds. The Hall–Kier alpha value is -1.34. The first kappa shape index (κ1) is 18.5. The van der Waals surface area contributed by atoms with Crippen molar-refractivity contribution in [3.8, 4) is 0 Å². The minimum Gasteiger partial charge on any atom is -0.469 e. The lowest BCUT2D eigenvalue weighted by molar-refractivity contribution is -0.134. The molecule has 1 atom stereocenters. The summed E-state index contributed by atoms with van der Waals surface area (Å²) in [4.78, 5) is 16.9. The smallest absolute Gasteiger partial charge is 0.237 e. The van der Waals surface area contributed by atoms with E-state index in [0.29, 0.717) is 19.5 Å². The number of hydrogen-bond acceptors (Lipinski definition) is 5. The number of carbonyl (C=O) groups is 1. The van der Waals surface area contributed by atoms with E-state index in [1.807, 2.05) is 11.0 Å². The van der Waals surface area contributed by atoms with Gasteiger partial charge in [0, 0.05) is 31.1 Å². The van der Waals surface area contributed by atoms with Gasteiger partial charge in [-0.1, -0.05) is 13.3 Å². The molecule has 25 heavy (non-hydrogen) atoms. The third-order valence-electron chi connectivity index (χ3n) is 5.19. The first-order valence-electron chi connectivity index (χ1n) is 9.26. The van der Waals surface area contributed by atoms with Gasteiger partial charge in [-0.2, -0.15) is 0 Å². The summed E-state index contributed by atoms with van der Waals surface area (Å²) >= 11 is 0. The van der Waals surface area contributed by atoms with Crippen molar-refractivity contribution in [3.63, 3.8) is 0 Å².